The highest BCUT2D eigenvalue weighted by molar-refractivity contribution is 6.14. The molecule has 2 aromatic carbocycles. The Morgan fingerprint density at radius 3 is 2.39 bits per heavy atom. The van der Waals surface area contributed by atoms with Gasteiger partial charge in [0.1, 0.15) is 11.9 Å². The summed E-state index contributed by atoms with van der Waals surface area (Å²) in [6.07, 6.45) is 8.82. The molecule has 4 N–H and O–H groups in total. The van der Waals surface area contributed by atoms with Crippen molar-refractivity contribution in [3.63, 3.8) is 0 Å². The Labute approximate surface area is 223 Å². The summed E-state index contributed by atoms with van der Waals surface area (Å²) >= 11 is 0. The number of carbonyl (C=O) groups is 1. The maximum atomic E-state index is 13.2. The number of aromatic nitrogens is 1. The fraction of sp³-hybridized carbons (Fsp3) is 0.387. The summed E-state index contributed by atoms with van der Waals surface area (Å²) in [4.78, 5) is 20.2. The van der Waals surface area contributed by atoms with Gasteiger partial charge in [-0.3, -0.25) is 15.2 Å². The van der Waals surface area contributed by atoms with Crippen LogP contribution < -0.4 is 15.8 Å². The van der Waals surface area contributed by atoms with E-state index in [2.05, 4.69) is 22.2 Å². The first-order chi connectivity index (χ1) is 18.5. The third kappa shape index (κ3) is 5.03. The molecule has 1 amide bonds. The van der Waals surface area contributed by atoms with Crippen LogP contribution in [0.15, 0.2) is 66.9 Å². The third-order valence-corrected chi connectivity index (χ3v) is 8.47. The molecule has 3 heterocycles. The van der Waals surface area contributed by atoms with Crippen LogP contribution in [0, 0.1) is 11.3 Å². The van der Waals surface area contributed by atoms with Crippen LogP contribution in [0.5, 0.6) is 5.75 Å². The van der Waals surface area contributed by atoms with Gasteiger partial charge in [0.2, 0.25) is 0 Å². The molecular formula is C31H35N5O2. The summed E-state index contributed by atoms with van der Waals surface area (Å²) in [6, 6.07) is 19.7. The van der Waals surface area contributed by atoms with Crippen LogP contribution in [-0.4, -0.2) is 46.7 Å². The number of nitrogens with zero attached hydrogens (tertiary/aromatic N) is 2. The molecule has 3 atom stereocenters. The number of fused-ring (bicyclic) bond motifs is 2. The van der Waals surface area contributed by atoms with Crippen LogP contribution in [0.2, 0.25) is 0 Å². The van der Waals surface area contributed by atoms with Gasteiger partial charge in [-0.05, 0) is 106 Å². The van der Waals surface area contributed by atoms with Gasteiger partial charge in [-0.2, -0.15) is 0 Å². The maximum absolute atomic E-state index is 13.2. The summed E-state index contributed by atoms with van der Waals surface area (Å²) in [5, 5.41) is 12.0. The monoisotopic (exact) mass is 509 g/mol. The van der Waals surface area contributed by atoms with E-state index in [-0.39, 0.29) is 23.8 Å². The number of ether oxygens (including phenoxy) is 1. The summed E-state index contributed by atoms with van der Waals surface area (Å²) in [5.41, 5.74) is 9.65. The number of amides is 1. The van der Waals surface area contributed by atoms with Gasteiger partial charge in [0.05, 0.1) is 17.4 Å². The first-order valence-electron chi connectivity index (χ1n) is 13.7. The Kier molecular flexibility index (Phi) is 6.62. The molecule has 0 radical (unpaired) electrons. The molecule has 1 aliphatic carbocycles. The number of nitrogens with one attached hydrogen (secondary N) is 2. The molecular weight excluding hydrogens is 474 g/mol. The summed E-state index contributed by atoms with van der Waals surface area (Å²) in [7, 11) is 2.23. The molecule has 1 saturated carbocycles. The van der Waals surface area contributed by atoms with Gasteiger partial charge >= 0.3 is 0 Å². The fourth-order valence-electron chi connectivity index (χ4n) is 6.07. The molecule has 2 unspecified atom stereocenters. The highest BCUT2D eigenvalue weighted by Crippen LogP contribution is 2.40. The van der Waals surface area contributed by atoms with E-state index in [9.17, 15) is 4.79 Å². The Morgan fingerprint density at radius 2 is 1.74 bits per heavy atom. The second-order valence-corrected chi connectivity index (χ2v) is 11.0. The molecule has 2 saturated heterocycles. The number of nitrogen functional groups attached to an aromatic ring is 1. The second-order valence-electron chi connectivity index (χ2n) is 11.0. The van der Waals surface area contributed by atoms with Gasteiger partial charge in [-0.25, -0.2) is 0 Å². The molecule has 0 spiro atoms. The number of benzene rings is 2. The molecule has 196 valence electrons. The van der Waals surface area contributed by atoms with Crippen molar-refractivity contribution in [1.82, 2.24) is 15.2 Å². The minimum atomic E-state index is -0.183. The van der Waals surface area contributed by atoms with Crippen LogP contribution in [0.25, 0.3) is 0 Å². The topological polar surface area (TPSA) is 104 Å². The standard InChI is InChI=1S/C31H35N5O2/c1-36-22-10-11-23(36)18-25(17-22)38-24-12-7-19(8-13-24)29(33)26-16-21(9-14-27(26)32)31(37)35-30(20-5-6-20)28-4-2-3-15-34-28/h2-4,7-9,12-16,20,22-23,25,30,33H,5-6,10-11,17-18,32H2,1H3,(H,35,37)/t22?,23?,25?,30-/m1/s1. The normalized spacial score (nSPS) is 23.6. The van der Waals surface area contributed by atoms with E-state index in [4.69, 9.17) is 15.9 Å². The molecule has 3 aromatic rings. The van der Waals surface area contributed by atoms with Crippen LogP contribution >= 0.6 is 0 Å². The fourth-order valence-corrected chi connectivity index (χ4v) is 6.07. The number of anilines is 1. The molecule has 7 heteroatoms. The Bertz CT molecular complexity index is 1310. The molecule has 3 fully saturated rings. The van der Waals surface area contributed by atoms with E-state index in [1.54, 1.807) is 24.4 Å². The molecule has 2 aliphatic heterocycles. The van der Waals surface area contributed by atoms with Crippen LogP contribution in [0.3, 0.4) is 0 Å². The Balaban J connectivity index is 1.14. The van der Waals surface area contributed by atoms with Crippen LogP contribution in [0.1, 0.15) is 71.7 Å². The largest absolute Gasteiger partial charge is 0.490 e. The van der Waals surface area contributed by atoms with Gasteiger partial charge in [0.25, 0.3) is 5.91 Å². The zero-order chi connectivity index (χ0) is 26.2. The van der Waals surface area contributed by atoms with Crippen LogP contribution in [0.4, 0.5) is 5.69 Å². The number of nitrogens with two attached hydrogens (primary N) is 1. The molecule has 38 heavy (non-hydrogen) atoms. The maximum Gasteiger partial charge on any atom is 0.251 e. The van der Waals surface area contributed by atoms with E-state index in [1.807, 2.05) is 42.5 Å². The van der Waals surface area contributed by atoms with E-state index >= 15 is 0 Å². The average molecular weight is 510 g/mol. The lowest BCUT2D eigenvalue weighted by atomic mass is 9.98. The van der Waals surface area contributed by atoms with Gasteiger partial charge in [-0.15, -0.1) is 0 Å². The highest BCUT2D eigenvalue weighted by atomic mass is 16.5. The predicted molar refractivity (Wildman–Crippen MR) is 149 cm³/mol. The van der Waals surface area contributed by atoms with E-state index in [1.165, 1.54) is 12.8 Å². The lowest BCUT2D eigenvalue weighted by Crippen LogP contribution is -2.43. The third-order valence-electron chi connectivity index (χ3n) is 8.47. The van der Waals surface area contributed by atoms with E-state index in [0.717, 1.165) is 42.7 Å². The SMILES string of the molecule is CN1C2CCC1CC(Oc1ccc(C(=N)c3cc(C(=O)N[C@@H](c4ccccn4)C4CC4)ccc3N)cc1)C2. The number of piperidine rings is 1. The van der Waals surface area contributed by atoms with Crippen molar-refractivity contribution < 1.29 is 9.53 Å². The van der Waals surface area contributed by atoms with Crippen LogP contribution in [-0.2, 0) is 0 Å². The first kappa shape index (κ1) is 24.6. The van der Waals surface area contributed by atoms with Gasteiger partial charge < -0.3 is 20.7 Å². The summed E-state index contributed by atoms with van der Waals surface area (Å²) < 4.78 is 6.32. The Morgan fingerprint density at radius 1 is 1.03 bits per heavy atom. The molecule has 6 rings (SSSR count). The molecule has 3 aliphatic rings. The number of hydrogen-bond donors (Lipinski definition) is 3. The zero-order valence-corrected chi connectivity index (χ0v) is 21.8. The van der Waals surface area contributed by atoms with Gasteiger partial charge in [0.15, 0.2) is 0 Å². The van der Waals surface area contributed by atoms with Crippen molar-refractivity contribution in [3.8, 4) is 5.75 Å². The molecule has 1 aromatic heterocycles. The molecule has 2 bridgehead atoms. The van der Waals surface area contributed by atoms with E-state index in [0.29, 0.717) is 34.8 Å². The Hall–Kier alpha value is -3.71. The zero-order valence-electron chi connectivity index (χ0n) is 21.8. The van der Waals surface area contributed by atoms with Crippen molar-refractivity contribution in [2.24, 2.45) is 5.92 Å². The minimum absolute atomic E-state index is 0.114. The second kappa shape index (κ2) is 10.2. The van der Waals surface area contributed by atoms with E-state index < -0.39 is 0 Å². The quantitative estimate of drug-likeness (QED) is 0.294. The molecule has 7 nitrogen and oxygen atoms in total. The summed E-state index contributed by atoms with van der Waals surface area (Å²) in [5.74, 6) is 1.06. The smallest absolute Gasteiger partial charge is 0.251 e. The lowest BCUT2D eigenvalue weighted by Gasteiger charge is -2.36. The number of rotatable bonds is 8. The minimum Gasteiger partial charge on any atom is -0.490 e. The first-order valence-corrected chi connectivity index (χ1v) is 13.7. The van der Waals surface area contributed by atoms with Crippen molar-refractivity contribution in [2.75, 3.05) is 12.8 Å². The van der Waals surface area contributed by atoms with Gasteiger partial charge in [0, 0.05) is 40.7 Å². The number of carbonyl (C=O) groups excluding carboxylic acids is 1. The van der Waals surface area contributed by atoms with Crippen molar-refractivity contribution in [2.45, 2.75) is 62.8 Å². The highest BCUT2D eigenvalue weighted by Gasteiger charge is 2.39. The summed E-state index contributed by atoms with van der Waals surface area (Å²) in [6.45, 7) is 0. The van der Waals surface area contributed by atoms with Crippen molar-refractivity contribution in [1.29, 1.82) is 5.41 Å². The predicted octanol–water partition coefficient (Wildman–Crippen LogP) is 4.97. The van der Waals surface area contributed by atoms with Crippen molar-refractivity contribution in [3.05, 3.63) is 89.2 Å². The van der Waals surface area contributed by atoms with Gasteiger partial charge in [-0.1, -0.05) is 6.07 Å². The van der Waals surface area contributed by atoms with Crippen molar-refractivity contribution >= 4 is 17.3 Å². The lowest BCUT2D eigenvalue weighted by molar-refractivity contribution is 0.0661. The number of hydrogen-bond acceptors (Lipinski definition) is 6. The average Bonchev–Trinajstić information content (AvgIpc) is 3.75. The number of pyridine rings is 1.